The normalized spacial score (nSPS) is 19.2. The maximum atomic E-state index is 6.03. The number of aromatic amines is 1. The third-order valence-corrected chi connectivity index (χ3v) is 4.44. The number of halogens is 1. The predicted molar refractivity (Wildman–Crippen MR) is 75.4 cm³/mol. The van der Waals surface area contributed by atoms with Gasteiger partial charge in [0.05, 0.1) is 5.52 Å². The van der Waals surface area contributed by atoms with Crippen LogP contribution in [0.2, 0.25) is 0 Å². The number of nitrogens with zero attached hydrogens (tertiary/aromatic N) is 2. The van der Waals surface area contributed by atoms with E-state index in [9.17, 15) is 0 Å². The maximum Gasteiger partial charge on any atom is 0.177 e. The largest absolute Gasteiger partial charge is 0.340 e. The van der Waals surface area contributed by atoms with Crippen molar-refractivity contribution in [3.05, 3.63) is 22.6 Å². The zero-order chi connectivity index (χ0) is 12.6. The zero-order valence-corrected chi connectivity index (χ0v) is 11.8. The molecule has 0 unspecified atom stereocenters. The average molecular weight is 309 g/mol. The molecule has 3 rings (SSSR count). The Morgan fingerprint density at radius 2 is 2.11 bits per heavy atom. The monoisotopic (exact) mass is 308 g/mol. The Morgan fingerprint density at radius 1 is 1.33 bits per heavy atom. The molecule has 2 aromatic heterocycles. The predicted octanol–water partition coefficient (Wildman–Crippen LogP) is 2.88. The molecule has 0 atom stereocenters. The fraction of sp³-hybridized carbons (Fsp3) is 0.538. The summed E-state index contributed by atoms with van der Waals surface area (Å²) in [5, 5.41) is 0. The number of H-pyrrole nitrogens is 1. The smallest absolute Gasteiger partial charge is 0.177 e. The molecule has 2 aromatic rings. The van der Waals surface area contributed by atoms with Crippen LogP contribution in [-0.2, 0) is 5.41 Å². The molecule has 1 aliphatic carbocycles. The van der Waals surface area contributed by atoms with Gasteiger partial charge < -0.3 is 10.7 Å². The standard InChI is InChI=1S/C13H17BrN4/c14-9-6-10-11(16-7-9)18-12(17-10)13(8-15)4-2-1-3-5-13/h6-7H,1-5,8,15H2,(H,16,17,18). The van der Waals surface area contributed by atoms with Crippen LogP contribution >= 0.6 is 15.9 Å². The Kier molecular flexibility index (Phi) is 3.11. The molecule has 0 spiro atoms. The number of nitrogens with one attached hydrogen (secondary N) is 1. The zero-order valence-electron chi connectivity index (χ0n) is 10.2. The molecule has 0 bridgehead atoms. The minimum absolute atomic E-state index is 0.0332. The summed E-state index contributed by atoms with van der Waals surface area (Å²) in [6, 6.07) is 2.02. The van der Waals surface area contributed by atoms with Crippen molar-refractivity contribution >= 4 is 27.1 Å². The topological polar surface area (TPSA) is 67.6 Å². The molecule has 0 saturated heterocycles. The van der Waals surface area contributed by atoms with E-state index < -0.39 is 0 Å². The van der Waals surface area contributed by atoms with Gasteiger partial charge in [0.2, 0.25) is 0 Å². The van der Waals surface area contributed by atoms with Crippen LogP contribution in [0.5, 0.6) is 0 Å². The fourth-order valence-electron chi connectivity index (χ4n) is 2.89. The van der Waals surface area contributed by atoms with Gasteiger partial charge in [0, 0.05) is 22.6 Å². The van der Waals surface area contributed by atoms with Crippen LogP contribution in [0.15, 0.2) is 16.7 Å². The van der Waals surface area contributed by atoms with Gasteiger partial charge >= 0.3 is 0 Å². The summed E-state index contributed by atoms with van der Waals surface area (Å²) in [5.74, 6) is 1.02. The van der Waals surface area contributed by atoms with Crippen molar-refractivity contribution in [1.82, 2.24) is 15.0 Å². The van der Waals surface area contributed by atoms with Crippen LogP contribution in [0.25, 0.3) is 11.2 Å². The molecule has 5 heteroatoms. The molecule has 0 amide bonds. The van der Waals surface area contributed by atoms with E-state index in [0.717, 1.165) is 34.3 Å². The van der Waals surface area contributed by atoms with Gasteiger partial charge in [-0.1, -0.05) is 19.3 Å². The highest BCUT2D eigenvalue weighted by Crippen LogP contribution is 2.37. The summed E-state index contributed by atoms with van der Waals surface area (Å²) in [5.41, 5.74) is 7.83. The molecule has 18 heavy (non-hydrogen) atoms. The van der Waals surface area contributed by atoms with Gasteiger partial charge in [-0.05, 0) is 34.8 Å². The summed E-state index contributed by atoms with van der Waals surface area (Å²) in [4.78, 5) is 12.4. The quantitative estimate of drug-likeness (QED) is 0.896. The molecule has 2 heterocycles. The Hall–Kier alpha value is -0.940. The van der Waals surface area contributed by atoms with E-state index in [4.69, 9.17) is 5.73 Å². The highest BCUT2D eigenvalue weighted by atomic mass is 79.9. The lowest BCUT2D eigenvalue weighted by molar-refractivity contribution is 0.288. The first-order chi connectivity index (χ1) is 8.73. The molecular formula is C13H17BrN4. The highest BCUT2D eigenvalue weighted by Gasteiger charge is 2.35. The number of aromatic nitrogens is 3. The molecule has 1 aliphatic rings. The van der Waals surface area contributed by atoms with Crippen molar-refractivity contribution in [2.45, 2.75) is 37.5 Å². The van der Waals surface area contributed by atoms with Gasteiger partial charge in [0.1, 0.15) is 5.82 Å². The molecule has 1 saturated carbocycles. The number of nitrogens with two attached hydrogens (primary N) is 1. The summed E-state index contributed by atoms with van der Waals surface area (Å²) in [6.45, 7) is 0.661. The van der Waals surface area contributed by atoms with Crippen LogP contribution < -0.4 is 5.73 Å². The highest BCUT2D eigenvalue weighted by molar-refractivity contribution is 9.10. The van der Waals surface area contributed by atoms with Crippen molar-refractivity contribution in [2.24, 2.45) is 5.73 Å². The molecule has 3 N–H and O–H groups in total. The summed E-state index contributed by atoms with van der Waals surface area (Å²) in [6.07, 6.45) is 7.83. The fourth-order valence-corrected chi connectivity index (χ4v) is 3.22. The van der Waals surface area contributed by atoms with Gasteiger partial charge in [-0.3, -0.25) is 0 Å². The maximum absolute atomic E-state index is 6.03. The Balaban J connectivity index is 2.06. The van der Waals surface area contributed by atoms with E-state index in [0.29, 0.717) is 6.54 Å². The second-order valence-corrected chi connectivity index (χ2v) is 6.07. The van der Waals surface area contributed by atoms with Crippen LogP contribution in [0.4, 0.5) is 0 Å². The minimum Gasteiger partial charge on any atom is -0.340 e. The molecule has 0 aliphatic heterocycles. The Labute approximate surface area is 115 Å². The van der Waals surface area contributed by atoms with Crippen LogP contribution in [0.3, 0.4) is 0 Å². The second-order valence-electron chi connectivity index (χ2n) is 5.16. The van der Waals surface area contributed by atoms with Crippen molar-refractivity contribution < 1.29 is 0 Å². The van der Waals surface area contributed by atoms with Crippen LogP contribution in [0, 0.1) is 0 Å². The molecule has 4 nitrogen and oxygen atoms in total. The lowest BCUT2D eigenvalue weighted by Crippen LogP contribution is -2.38. The lowest BCUT2D eigenvalue weighted by Gasteiger charge is -2.34. The van der Waals surface area contributed by atoms with Crippen molar-refractivity contribution in [1.29, 1.82) is 0 Å². The SMILES string of the molecule is NCC1(c2nc3ncc(Br)cc3[nH]2)CCCCC1. The first-order valence-electron chi connectivity index (χ1n) is 6.45. The van der Waals surface area contributed by atoms with E-state index in [1.807, 2.05) is 6.07 Å². The number of rotatable bonds is 2. The van der Waals surface area contributed by atoms with E-state index in [1.165, 1.54) is 19.3 Å². The molecule has 96 valence electrons. The molecule has 1 fully saturated rings. The third-order valence-electron chi connectivity index (χ3n) is 4.01. The van der Waals surface area contributed by atoms with E-state index in [1.54, 1.807) is 6.20 Å². The van der Waals surface area contributed by atoms with Crippen LogP contribution in [-0.4, -0.2) is 21.5 Å². The molecular weight excluding hydrogens is 292 g/mol. The van der Waals surface area contributed by atoms with Gasteiger partial charge in [-0.2, -0.15) is 0 Å². The first kappa shape index (κ1) is 12.1. The van der Waals surface area contributed by atoms with Crippen LogP contribution in [0.1, 0.15) is 37.9 Å². The number of fused-ring (bicyclic) bond motifs is 1. The van der Waals surface area contributed by atoms with Gasteiger partial charge in [-0.25, -0.2) is 9.97 Å². The van der Waals surface area contributed by atoms with E-state index in [-0.39, 0.29) is 5.41 Å². The molecule has 0 radical (unpaired) electrons. The van der Waals surface area contributed by atoms with E-state index in [2.05, 4.69) is 30.9 Å². The van der Waals surface area contributed by atoms with Gasteiger partial charge in [-0.15, -0.1) is 0 Å². The van der Waals surface area contributed by atoms with Crippen molar-refractivity contribution in [3.8, 4) is 0 Å². The number of hydrogen-bond acceptors (Lipinski definition) is 3. The first-order valence-corrected chi connectivity index (χ1v) is 7.25. The van der Waals surface area contributed by atoms with Gasteiger partial charge in [0.25, 0.3) is 0 Å². The number of hydrogen-bond donors (Lipinski definition) is 2. The van der Waals surface area contributed by atoms with Gasteiger partial charge in [0.15, 0.2) is 5.65 Å². The number of imidazole rings is 1. The van der Waals surface area contributed by atoms with E-state index >= 15 is 0 Å². The minimum atomic E-state index is 0.0332. The second kappa shape index (κ2) is 4.63. The summed E-state index contributed by atoms with van der Waals surface area (Å²) in [7, 11) is 0. The summed E-state index contributed by atoms with van der Waals surface area (Å²) >= 11 is 3.43. The van der Waals surface area contributed by atoms with Crippen molar-refractivity contribution in [2.75, 3.05) is 6.54 Å². The average Bonchev–Trinajstić information content (AvgIpc) is 2.83. The summed E-state index contributed by atoms with van der Waals surface area (Å²) < 4.78 is 0.968. The molecule has 0 aromatic carbocycles. The third kappa shape index (κ3) is 1.95. The lowest BCUT2D eigenvalue weighted by atomic mass is 9.73. The Morgan fingerprint density at radius 3 is 2.83 bits per heavy atom. The number of pyridine rings is 1. The van der Waals surface area contributed by atoms with Crippen molar-refractivity contribution in [3.63, 3.8) is 0 Å². The Bertz CT molecular complexity index is 557.